The molecule has 0 aliphatic heterocycles. The predicted octanol–water partition coefficient (Wildman–Crippen LogP) is 1.93. The first kappa shape index (κ1) is 13.6. The molecule has 0 radical (unpaired) electrons. The molecule has 3 nitrogen and oxygen atoms in total. The fourth-order valence-corrected chi connectivity index (χ4v) is 1.65. The molecule has 0 aliphatic carbocycles. The zero-order valence-corrected chi connectivity index (χ0v) is 10.6. The summed E-state index contributed by atoms with van der Waals surface area (Å²) in [6.45, 7) is 3.64. The molecule has 0 aliphatic rings. The van der Waals surface area contributed by atoms with Gasteiger partial charge in [0.05, 0.1) is 16.6 Å². The van der Waals surface area contributed by atoms with Crippen molar-refractivity contribution in [2.45, 2.75) is 26.3 Å². The van der Waals surface area contributed by atoms with E-state index in [0.717, 1.165) is 5.56 Å². The fourth-order valence-electron chi connectivity index (χ4n) is 1.42. The van der Waals surface area contributed by atoms with Crippen molar-refractivity contribution in [3.63, 3.8) is 0 Å². The van der Waals surface area contributed by atoms with Crippen LogP contribution in [-0.2, 0) is 0 Å². The van der Waals surface area contributed by atoms with Gasteiger partial charge in [-0.1, -0.05) is 30.8 Å². The highest BCUT2D eigenvalue weighted by molar-refractivity contribution is 7.80. The van der Waals surface area contributed by atoms with E-state index in [1.54, 1.807) is 13.0 Å². The summed E-state index contributed by atoms with van der Waals surface area (Å²) in [6, 6.07) is 3.97. The Morgan fingerprint density at radius 1 is 1.59 bits per heavy atom. The van der Waals surface area contributed by atoms with Crippen LogP contribution in [-0.4, -0.2) is 16.9 Å². The van der Waals surface area contributed by atoms with Crippen LogP contribution in [0.3, 0.4) is 0 Å². The quantitative estimate of drug-likeness (QED) is 0.807. The molecule has 1 rings (SSSR count). The average Bonchev–Trinajstić information content (AvgIpc) is 2.28. The molecule has 0 heterocycles. The summed E-state index contributed by atoms with van der Waals surface area (Å²) in [5.74, 6) is -1.04. The number of thiocarbonyl (C=S) groups is 1. The van der Waals surface area contributed by atoms with E-state index in [9.17, 15) is 9.18 Å². The van der Waals surface area contributed by atoms with E-state index < -0.39 is 17.8 Å². The molecule has 0 fully saturated rings. The maximum Gasteiger partial charge on any atom is 0.254 e. The van der Waals surface area contributed by atoms with Crippen LogP contribution < -0.4 is 11.1 Å². The van der Waals surface area contributed by atoms with Gasteiger partial charge in [0.1, 0.15) is 5.82 Å². The lowest BCUT2D eigenvalue weighted by atomic mass is 10.1. The topological polar surface area (TPSA) is 55.1 Å². The molecule has 0 spiro atoms. The third-order valence-electron chi connectivity index (χ3n) is 2.42. The third kappa shape index (κ3) is 3.49. The van der Waals surface area contributed by atoms with E-state index in [-0.39, 0.29) is 10.6 Å². The van der Waals surface area contributed by atoms with Crippen molar-refractivity contribution >= 4 is 23.1 Å². The summed E-state index contributed by atoms with van der Waals surface area (Å²) in [5.41, 5.74) is 6.30. The molecule has 0 bridgehead atoms. The number of hydrogen-bond donors (Lipinski definition) is 2. The Balaban J connectivity index is 2.89. The zero-order valence-electron chi connectivity index (χ0n) is 9.79. The van der Waals surface area contributed by atoms with Crippen LogP contribution in [0.2, 0.25) is 0 Å². The average molecular weight is 254 g/mol. The van der Waals surface area contributed by atoms with E-state index in [1.807, 2.05) is 6.92 Å². The minimum absolute atomic E-state index is 0.0136. The Morgan fingerprint density at radius 2 is 2.24 bits per heavy atom. The smallest absolute Gasteiger partial charge is 0.254 e. The van der Waals surface area contributed by atoms with Crippen molar-refractivity contribution in [3.05, 3.63) is 35.1 Å². The third-order valence-corrected chi connectivity index (χ3v) is 2.71. The molecule has 1 amide bonds. The van der Waals surface area contributed by atoms with Gasteiger partial charge in [0, 0.05) is 0 Å². The van der Waals surface area contributed by atoms with Crippen molar-refractivity contribution in [1.29, 1.82) is 0 Å². The van der Waals surface area contributed by atoms with Gasteiger partial charge in [-0.15, -0.1) is 0 Å². The summed E-state index contributed by atoms with van der Waals surface area (Å²) in [5, 5.41) is 2.61. The van der Waals surface area contributed by atoms with Gasteiger partial charge in [0.15, 0.2) is 0 Å². The minimum atomic E-state index is -0.550. The number of halogens is 1. The molecule has 1 atom stereocenters. The summed E-state index contributed by atoms with van der Waals surface area (Å²) < 4.78 is 13.5. The number of nitrogens with two attached hydrogens (primary N) is 1. The van der Waals surface area contributed by atoms with E-state index in [0.29, 0.717) is 6.42 Å². The van der Waals surface area contributed by atoms with Gasteiger partial charge < -0.3 is 11.1 Å². The number of amides is 1. The van der Waals surface area contributed by atoms with Crippen molar-refractivity contribution in [1.82, 2.24) is 5.32 Å². The maximum absolute atomic E-state index is 13.5. The lowest BCUT2D eigenvalue weighted by molar-refractivity contribution is 0.0942. The largest absolute Gasteiger partial charge is 0.392 e. The molecular formula is C12H15FN2OS. The Kier molecular flexibility index (Phi) is 4.57. The van der Waals surface area contributed by atoms with Gasteiger partial charge in [-0.3, -0.25) is 4.79 Å². The molecule has 1 aromatic carbocycles. The van der Waals surface area contributed by atoms with Crippen LogP contribution in [0.1, 0.15) is 29.3 Å². The second-order valence-corrected chi connectivity index (χ2v) is 4.29. The van der Waals surface area contributed by atoms with Gasteiger partial charge in [0.2, 0.25) is 0 Å². The Morgan fingerprint density at radius 3 is 2.76 bits per heavy atom. The number of benzene rings is 1. The van der Waals surface area contributed by atoms with Gasteiger partial charge in [-0.05, 0) is 25.5 Å². The van der Waals surface area contributed by atoms with Crippen molar-refractivity contribution in [2.24, 2.45) is 5.73 Å². The molecule has 1 aromatic rings. The normalized spacial score (nSPS) is 11.9. The van der Waals surface area contributed by atoms with E-state index >= 15 is 0 Å². The van der Waals surface area contributed by atoms with E-state index in [2.05, 4.69) is 5.32 Å². The highest BCUT2D eigenvalue weighted by atomic mass is 32.1. The van der Waals surface area contributed by atoms with Crippen LogP contribution >= 0.6 is 12.2 Å². The lowest BCUT2D eigenvalue weighted by Crippen LogP contribution is -2.43. The standard InChI is InChI=1S/C12H15FN2OS/c1-3-10(11(14)17)15-12(16)8-6-7(2)4-5-9(8)13/h4-6,10H,3H2,1-2H3,(H2,14,17)(H,15,16). The van der Waals surface area contributed by atoms with E-state index in [4.69, 9.17) is 18.0 Å². The fraction of sp³-hybridized carbons (Fsp3) is 0.333. The summed E-state index contributed by atoms with van der Waals surface area (Å²) >= 11 is 4.81. The minimum Gasteiger partial charge on any atom is -0.392 e. The first-order valence-corrected chi connectivity index (χ1v) is 5.72. The van der Waals surface area contributed by atoms with Gasteiger partial charge in [-0.25, -0.2) is 4.39 Å². The Labute approximate surface area is 105 Å². The first-order valence-electron chi connectivity index (χ1n) is 5.32. The number of carbonyl (C=O) groups excluding carboxylic acids is 1. The zero-order chi connectivity index (χ0) is 13.0. The monoisotopic (exact) mass is 254 g/mol. The maximum atomic E-state index is 13.5. The summed E-state index contributed by atoms with van der Waals surface area (Å²) in [6.07, 6.45) is 0.578. The molecule has 5 heteroatoms. The SMILES string of the molecule is CCC(NC(=O)c1cc(C)ccc1F)C(N)=S. The van der Waals surface area contributed by atoms with E-state index in [1.165, 1.54) is 12.1 Å². The van der Waals surface area contributed by atoms with Crippen LogP contribution in [0.5, 0.6) is 0 Å². The molecule has 92 valence electrons. The molecular weight excluding hydrogens is 239 g/mol. The second-order valence-electron chi connectivity index (χ2n) is 3.82. The van der Waals surface area contributed by atoms with Gasteiger partial charge >= 0.3 is 0 Å². The number of carbonyl (C=O) groups is 1. The van der Waals surface area contributed by atoms with Crippen LogP contribution in [0.15, 0.2) is 18.2 Å². The van der Waals surface area contributed by atoms with Crippen LogP contribution in [0.4, 0.5) is 4.39 Å². The van der Waals surface area contributed by atoms with Gasteiger partial charge in [0.25, 0.3) is 5.91 Å². The molecule has 17 heavy (non-hydrogen) atoms. The Hall–Kier alpha value is -1.49. The van der Waals surface area contributed by atoms with Crippen LogP contribution in [0.25, 0.3) is 0 Å². The molecule has 1 unspecified atom stereocenters. The van der Waals surface area contributed by atoms with Crippen molar-refractivity contribution in [2.75, 3.05) is 0 Å². The lowest BCUT2D eigenvalue weighted by Gasteiger charge is -2.15. The number of aryl methyl sites for hydroxylation is 1. The molecule has 0 aromatic heterocycles. The predicted molar refractivity (Wildman–Crippen MR) is 69.5 cm³/mol. The van der Waals surface area contributed by atoms with Crippen molar-refractivity contribution < 1.29 is 9.18 Å². The Bertz CT molecular complexity index is 448. The summed E-state index contributed by atoms with van der Waals surface area (Å²) in [7, 11) is 0. The summed E-state index contributed by atoms with van der Waals surface area (Å²) in [4.78, 5) is 12.0. The molecule has 0 saturated heterocycles. The van der Waals surface area contributed by atoms with Gasteiger partial charge in [-0.2, -0.15) is 0 Å². The number of rotatable bonds is 4. The number of nitrogens with one attached hydrogen (secondary N) is 1. The molecule has 3 N–H and O–H groups in total. The van der Waals surface area contributed by atoms with Crippen LogP contribution in [0, 0.1) is 12.7 Å². The number of hydrogen-bond acceptors (Lipinski definition) is 2. The van der Waals surface area contributed by atoms with Crippen molar-refractivity contribution in [3.8, 4) is 0 Å². The highest BCUT2D eigenvalue weighted by Crippen LogP contribution is 2.10. The first-order chi connectivity index (χ1) is 7.95. The highest BCUT2D eigenvalue weighted by Gasteiger charge is 2.17. The second kappa shape index (κ2) is 5.72. The molecule has 0 saturated carbocycles.